The van der Waals surface area contributed by atoms with Gasteiger partial charge >= 0.3 is 12.0 Å². The van der Waals surface area contributed by atoms with Gasteiger partial charge in [-0.15, -0.1) is 0 Å². The fourth-order valence-corrected chi connectivity index (χ4v) is 2.57. The highest BCUT2D eigenvalue weighted by Gasteiger charge is 2.26. The van der Waals surface area contributed by atoms with Crippen LogP contribution < -0.4 is 10.6 Å². The van der Waals surface area contributed by atoms with Gasteiger partial charge in [-0.05, 0) is 44.6 Å². The van der Waals surface area contributed by atoms with Crippen LogP contribution in [0.3, 0.4) is 0 Å². The lowest BCUT2D eigenvalue weighted by Crippen LogP contribution is -2.39. The second-order valence-corrected chi connectivity index (χ2v) is 5.85. The average Bonchev–Trinajstić information content (AvgIpc) is 3.11. The van der Waals surface area contributed by atoms with E-state index in [-0.39, 0.29) is 12.5 Å². The summed E-state index contributed by atoms with van der Waals surface area (Å²) >= 11 is 0. The molecule has 20 heavy (non-hydrogen) atoms. The minimum absolute atomic E-state index is 0.00533. The highest BCUT2D eigenvalue weighted by molar-refractivity contribution is 5.74. The molecule has 1 atom stereocenters. The summed E-state index contributed by atoms with van der Waals surface area (Å²) < 4.78 is 0. The Morgan fingerprint density at radius 1 is 1.20 bits per heavy atom. The summed E-state index contributed by atoms with van der Waals surface area (Å²) in [5.41, 5.74) is 0. The maximum Gasteiger partial charge on any atom is 0.317 e. The average molecular weight is 283 g/mol. The Morgan fingerprint density at radius 2 is 2.00 bits per heavy atom. The first kappa shape index (κ1) is 15.1. The summed E-state index contributed by atoms with van der Waals surface area (Å²) in [6, 6.07) is 0.716. The van der Waals surface area contributed by atoms with Crippen LogP contribution in [0.25, 0.3) is 0 Å². The fraction of sp³-hybridized carbons (Fsp3) is 0.857. The highest BCUT2D eigenvalue weighted by Crippen LogP contribution is 2.21. The zero-order chi connectivity index (χ0) is 14.4. The number of nitrogens with one attached hydrogen (secondary N) is 2. The van der Waals surface area contributed by atoms with Gasteiger partial charge in [-0.3, -0.25) is 4.79 Å². The molecule has 6 heteroatoms. The van der Waals surface area contributed by atoms with Crippen LogP contribution in [0.15, 0.2) is 0 Å². The molecule has 1 saturated carbocycles. The summed E-state index contributed by atoms with van der Waals surface area (Å²) in [5, 5.41) is 15.0. The third-order valence-electron chi connectivity index (χ3n) is 3.98. The number of carboxylic acids is 1. The van der Waals surface area contributed by atoms with Crippen LogP contribution in [0.2, 0.25) is 0 Å². The number of hydrogen-bond acceptors (Lipinski definition) is 3. The smallest absolute Gasteiger partial charge is 0.317 e. The van der Waals surface area contributed by atoms with Gasteiger partial charge < -0.3 is 20.6 Å². The van der Waals surface area contributed by atoms with Crippen molar-refractivity contribution in [3.8, 4) is 0 Å². The Labute approximate surface area is 119 Å². The molecule has 114 valence electrons. The number of aliphatic carboxylic acids is 1. The van der Waals surface area contributed by atoms with Gasteiger partial charge in [0.1, 0.15) is 0 Å². The first-order valence-electron chi connectivity index (χ1n) is 7.63. The minimum Gasteiger partial charge on any atom is -0.481 e. The quantitative estimate of drug-likeness (QED) is 0.581. The van der Waals surface area contributed by atoms with Crippen LogP contribution in [0, 0.1) is 5.92 Å². The highest BCUT2D eigenvalue weighted by atomic mass is 16.4. The van der Waals surface area contributed by atoms with Gasteiger partial charge in [0.2, 0.25) is 0 Å². The van der Waals surface area contributed by atoms with Crippen molar-refractivity contribution in [1.29, 1.82) is 0 Å². The zero-order valence-corrected chi connectivity index (χ0v) is 11.9. The maximum atomic E-state index is 11.9. The van der Waals surface area contributed by atoms with Crippen LogP contribution >= 0.6 is 0 Å². The van der Waals surface area contributed by atoms with E-state index in [0.29, 0.717) is 25.4 Å². The molecule has 1 aliphatic heterocycles. The largest absolute Gasteiger partial charge is 0.481 e. The van der Waals surface area contributed by atoms with Crippen LogP contribution in [0.5, 0.6) is 0 Å². The number of amides is 2. The molecule has 2 fully saturated rings. The second-order valence-electron chi connectivity index (χ2n) is 5.85. The fourth-order valence-electron chi connectivity index (χ4n) is 2.57. The minimum atomic E-state index is -0.754. The Morgan fingerprint density at radius 3 is 2.70 bits per heavy atom. The predicted octanol–water partition coefficient (Wildman–Crippen LogP) is 1.02. The molecular formula is C14H25N3O3. The molecule has 2 rings (SSSR count). The molecule has 0 bridgehead atoms. The van der Waals surface area contributed by atoms with Crippen LogP contribution in [-0.4, -0.2) is 54.2 Å². The van der Waals surface area contributed by atoms with Gasteiger partial charge in [0.05, 0.1) is 0 Å². The SMILES string of the molecule is O=C(O)CCC1CCN(C(=O)NCCCNC2CC2)C1. The van der Waals surface area contributed by atoms with Crippen molar-refractivity contribution < 1.29 is 14.7 Å². The molecule has 0 aromatic heterocycles. The third-order valence-corrected chi connectivity index (χ3v) is 3.98. The molecular weight excluding hydrogens is 258 g/mol. The number of carbonyl (C=O) groups is 2. The molecule has 0 aromatic carbocycles. The van der Waals surface area contributed by atoms with E-state index in [4.69, 9.17) is 5.11 Å². The molecule has 3 N–H and O–H groups in total. The van der Waals surface area contributed by atoms with E-state index in [0.717, 1.165) is 32.0 Å². The summed E-state index contributed by atoms with van der Waals surface area (Å²) in [6.07, 6.45) is 5.33. The lowest BCUT2D eigenvalue weighted by Gasteiger charge is -2.17. The molecule has 1 aliphatic carbocycles. The summed E-state index contributed by atoms with van der Waals surface area (Å²) in [6.45, 7) is 3.11. The summed E-state index contributed by atoms with van der Waals surface area (Å²) in [5.74, 6) is -0.413. The predicted molar refractivity (Wildman–Crippen MR) is 75.6 cm³/mol. The third kappa shape index (κ3) is 5.36. The Bertz CT molecular complexity index is 345. The van der Waals surface area contributed by atoms with Crippen molar-refractivity contribution in [3.05, 3.63) is 0 Å². The molecule has 6 nitrogen and oxygen atoms in total. The van der Waals surface area contributed by atoms with Crippen molar-refractivity contribution >= 4 is 12.0 Å². The van der Waals surface area contributed by atoms with Crippen molar-refractivity contribution in [2.45, 2.75) is 44.6 Å². The molecule has 1 heterocycles. The molecule has 1 saturated heterocycles. The normalized spacial score (nSPS) is 22.0. The number of urea groups is 1. The molecule has 0 radical (unpaired) electrons. The molecule has 1 unspecified atom stereocenters. The van der Waals surface area contributed by atoms with Crippen LogP contribution in [0.1, 0.15) is 38.5 Å². The van der Waals surface area contributed by atoms with E-state index in [2.05, 4.69) is 10.6 Å². The summed E-state index contributed by atoms with van der Waals surface area (Å²) in [7, 11) is 0. The van der Waals surface area contributed by atoms with E-state index in [9.17, 15) is 9.59 Å². The topological polar surface area (TPSA) is 81.7 Å². The number of carbonyl (C=O) groups excluding carboxylic acids is 1. The van der Waals surface area contributed by atoms with Crippen LogP contribution in [0.4, 0.5) is 4.79 Å². The van der Waals surface area contributed by atoms with Crippen LogP contribution in [-0.2, 0) is 4.79 Å². The van der Waals surface area contributed by atoms with Crippen molar-refractivity contribution in [2.75, 3.05) is 26.2 Å². The maximum absolute atomic E-state index is 11.9. The molecule has 0 aromatic rings. The van der Waals surface area contributed by atoms with E-state index in [1.807, 2.05) is 0 Å². The lowest BCUT2D eigenvalue weighted by atomic mass is 10.0. The first-order chi connectivity index (χ1) is 9.65. The Balaban J connectivity index is 1.52. The summed E-state index contributed by atoms with van der Waals surface area (Å²) in [4.78, 5) is 24.3. The van der Waals surface area contributed by atoms with E-state index >= 15 is 0 Å². The molecule has 2 amide bonds. The van der Waals surface area contributed by atoms with Gasteiger partial charge in [0.15, 0.2) is 0 Å². The Hall–Kier alpha value is -1.30. The van der Waals surface area contributed by atoms with Crippen molar-refractivity contribution in [2.24, 2.45) is 5.92 Å². The first-order valence-corrected chi connectivity index (χ1v) is 7.63. The number of nitrogens with zero attached hydrogens (tertiary/aromatic N) is 1. The Kier molecular flexibility index (Phi) is 5.64. The van der Waals surface area contributed by atoms with Gasteiger partial charge in [0.25, 0.3) is 0 Å². The van der Waals surface area contributed by atoms with Crippen molar-refractivity contribution in [1.82, 2.24) is 15.5 Å². The number of likely N-dealkylation sites (tertiary alicyclic amines) is 1. The standard InChI is InChI=1S/C14H25N3O3/c18-13(19)5-2-11-6-9-17(10-11)14(20)16-8-1-7-15-12-3-4-12/h11-12,15H,1-10H2,(H,16,20)(H,18,19). The van der Waals surface area contributed by atoms with Crippen molar-refractivity contribution in [3.63, 3.8) is 0 Å². The number of rotatable bonds is 8. The zero-order valence-electron chi connectivity index (χ0n) is 11.9. The van der Waals surface area contributed by atoms with Gasteiger partial charge in [-0.2, -0.15) is 0 Å². The van der Waals surface area contributed by atoms with Gasteiger partial charge in [-0.25, -0.2) is 4.79 Å². The van der Waals surface area contributed by atoms with E-state index < -0.39 is 5.97 Å². The molecule has 2 aliphatic rings. The van der Waals surface area contributed by atoms with Gasteiger partial charge in [0, 0.05) is 32.1 Å². The van der Waals surface area contributed by atoms with E-state index in [1.54, 1.807) is 4.90 Å². The number of carboxylic acid groups (broad SMARTS) is 1. The molecule has 0 spiro atoms. The second kappa shape index (κ2) is 7.47. The lowest BCUT2D eigenvalue weighted by molar-refractivity contribution is -0.137. The van der Waals surface area contributed by atoms with Gasteiger partial charge in [-0.1, -0.05) is 0 Å². The van der Waals surface area contributed by atoms with E-state index in [1.165, 1.54) is 12.8 Å². The monoisotopic (exact) mass is 283 g/mol. The number of hydrogen-bond donors (Lipinski definition) is 3.